The minimum atomic E-state index is -0.690. The third kappa shape index (κ3) is 4.69. The normalized spacial score (nSPS) is 18.2. The zero-order chi connectivity index (χ0) is 21.8. The number of anilines is 1. The van der Waals surface area contributed by atoms with E-state index < -0.39 is 30.4 Å². The number of carbonyl (C=O) groups is 3. The Morgan fingerprint density at radius 1 is 1.19 bits per heavy atom. The Morgan fingerprint density at radius 2 is 2.00 bits per heavy atom. The Kier molecular flexibility index (Phi) is 6.18. The summed E-state index contributed by atoms with van der Waals surface area (Å²) in [7, 11) is 0. The second-order valence-corrected chi connectivity index (χ2v) is 8.31. The summed E-state index contributed by atoms with van der Waals surface area (Å²) >= 11 is 1.48. The summed E-state index contributed by atoms with van der Waals surface area (Å²) in [5.74, 6) is -1.23. The van der Waals surface area contributed by atoms with Crippen LogP contribution in [0.25, 0.3) is 0 Å². The largest absolute Gasteiger partial charge is 0.467 e. The van der Waals surface area contributed by atoms with Crippen LogP contribution in [0.4, 0.5) is 5.69 Å². The number of amides is 2. The number of nitrogens with one attached hydrogen (secondary N) is 1. The Balaban J connectivity index is 1.46. The molecule has 0 radical (unpaired) electrons. The van der Waals surface area contributed by atoms with Gasteiger partial charge in [-0.15, -0.1) is 11.3 Å². The minimum Gasteiger partial charge on any atom is -0.467 e. The number of rotatable bonds is 7. The Bertz CT molecular complexity index is 1040. The van der Waals surface area contributed by atoms with Crippen molar-refractivity contribution in [1.29, 1.82) is 0 Å². The van der Waals surface area contributed by atoms with Crippen molar-refractivity contribution < 1.29 is 23.5 Å². The van der Waals surface area contributed by atoms with Gasteiger partial charge in [0.1, 0.15) is 5.76 Å². The van der Waals surface area contributed by atoms with Gasteiger partial charge in [-0.3, -0.25) is 14.4 Å². The van der Waals surface area contributed by atoms with Gasteiger partial charge in [0, 0.05) is 17.0 Å². The molecule has 3 heterocycles. The highest BCUT2D eigenvalue weighted by Crippen LogP contribution is 2.43. The number of carbonyl (C=O) groups excluding carboxylic acids is 3. The van der Waals surface area contributed by atoms with Crippen LogP contribution in [-0.2, 0) is 25.7 Å². The van der Waals surface area contributed by atoms with E-state index in [1.807, 2.05) is 48.7 Å². The third-order valence-electron chi connectivity index (χ3n) is 5.16. The van der Waals surface area contributed by atoms with E-state index in [-0.39, 0.29) is 18.9 Å². The fourth-order valence-electron chi connectivity index (χ4n) is 3.63. The molecule has 4 rings (SSSR count). The molecule has 1 aromatic carbocycles. The van der Waals surface area contributed by atoms with Crippen LogP contribution in [0.5, 0.6) is 0 Å². The van der Waals surface area contributed by atoms with E-state index in [1.54, 1.807) is 17.0 Å². The van der Waals surface area contributed by atoms with E-state index in [0.29, 0.717) is 5.76 Å². The molecule has 2 aromatic heterocycles. The summed E-state index contributed by atoms with van der Waals surface area (Å²) in [5, 5.41) is 4.55. The Labute approximate surface area is 183 Å². The molecular weight excluding hydrogens is 416 g/mol. The molecule has 2 atom stereocenters. The van der Waals surface area contributed by atoms with Crippen LogP contribution < -0.4 is 10.2 Å². The zero-order valence-corrected chi connectivity index (χ0v) is 17.8. The second kappa shape index (κ2) is 9.18. The van der Waals surface area contributed by atoms with Gasteiger partial charge in [0.15, 0.2) is 6.61 Å². The van der Waals surface area contributed by atoms with E-state index in [0.717, 1.165) is 16.1 Å². The van der Waals surface area contributed by atoms with Gasteiger partial charge < -0.3 is 19.4 Å². The fourth-order valence-corrected chi connectivity index (χ4v) is 4.51. The number of ether oxygens (including phenoxy) is 1. The summed E-state index contributed by atoms with van der Waals surface area (Å²) in [6.07, 6.45) is 1.55. The average molecular weight is 439 g/mol. The molecule has 160 valence electrons. The Morgan fingerprint density at radius 3 is 2.68 bits per heavy atom. The van der Waals surface area contributed by atoms with Crippen LogP contribution in [-0.4, -0.2) is 24.4 Å². The first-order valence-corrected chi connectivity index (χ1v) is 10.8. The number of benzene rings is 1. The summed E-state index contributed by atoms with van der Waals surface area (Å²) in [4.78, 5) is 40.4. The molecule has 1 aliphatic heterocycles. The predicted octanol–water partition coefficient (Wildman–Crippen LogP) is 3.60. The molecule has 1 fully saturated rings. The molecule has 0 spiro atoms. The van der Waals surface area contributed by atoms with Crippen LogP contribution in [0.3, 0.4) is 0 Å². The molecule has 31 heavy (non-hydrogen) atoms. The maximum absolute atomic E-state index is 12.9. The first-order valence-electron chi connectivity index (χ1n) is 9.91. The molecule has 1 saturated heterocycles. The summed E-state index contributed by atoms with van der Waals surface area (Å²) in [5.41, 5.74) is 1.82. The lowest BCUT2D eigenvalue weighted by Crippen LogP contribution is -2.33. The third-order valence-corrected chi connectivity index (χ3v) is 6.10. The van der Waals surface area contributed by atoms with Gasteiger partial charge in [-0.1, -0.05) is 23.8 Å². The molecule has 1 aliphatic rings. The molecule has 2 amide bonds. The van der Waals surface area contributed by atoms with Crippen LogP contribution >= 0.6 is 11.3 Å². The lowest BCUT2D eigenvalue weighted by atomic mass is 9.99. The maximum Gasteiger partial charge on any atom is 0.312 e. The molecule has 0 bridgehead atoms. The number of hydrogen-bond acceptors (Lipinski definition) is 6. The molecule has 0 aliphatic carbocycles. The van der Waals surface area contributed by atoms with Crippen molar-refractivity contribution >= 4 is 34.8 Å². The SMILES string of the molecule is Cc1ccc(N2C(=O)CC(C(=O)OCC(=O)NCc3ccco3)C2c2cccs2)cc1. The van der Waals surface area contributed by atoms with Gasteiger partial charge in [0.05, 0.1) is 24.8 Å². The molecular formula is C23H22N2O5S. The molecule has 8 heteroatoms. The highest BCUT2D eigenvalue weighted by Gasteiger charge is 2.46. The first-order chi connectivity index (χ1) is 15.0. The average Bonchev–Trinajstić information content (AvgIpc) is 3.52. The van der Waals surface area contributed by atoms with E-state index in [2.05, 4.69) is 5.32 Å². The standard InChI is InChI=1S/C23H22N2O5S/c1-15-6-8-16(9-7-15)25-21(27)12-18(22(25)19-5-3-11-31-19)23(28)30-14-20(26)24-13-17-4-2-10-29-17/h2-11,18,22H,12-14H2,1H3,(H,24,26). The van der Waals surface area contributed by atoms with Crippen LogP contribution in [0.15, 0.2) is 64.6 Å². The number of thiophene rings is 1. The highest BCUT2D eigenvalue weighted by molar-refractivity contribution is 7.10. The highest BCUT2D eigenvalue weighted by atomic mass is 32.1. The van der Waals surface area contributed by atoms with E-state index in [4.69, 9.17) is 9.15 Å². The van der Waals surface area contributed by atoms with Crippen molar-refractivity contribution in [2.45, 2.75) is 25.9 Å². The summed E-state index contributed by atoms with van der Waals surface area (Å²) < 4.78 is 10.4. The number of aryl methyl sites for hydroxylation is 1. The van der Waals surface area contributed by atoms with Crippen LogP contribution in [0.2, 0.25) is 0 Å². The quantitative estimate of drug-likeness (QED) is 0.570. The van der Waals surface area contributed by atoms with Gasteiger partial charge in [-0.2, -0.15) is 0 Å². The van der Waals surface area contributed by atoms with Gasteiger partial charge in [-0.05, 0) is 42.6 Å². The topological polar surface area (TPSA) is 88.8 Å². The van der Waals surface area contributed by atoms with Crippen LogP contribution in [0.1, 0.15) is 28.7 Å². The molecule has 7 nitrogen and oxygen atoms in total. The van der Waals surface area contributed by atoms with Crippen molar-refractivity contribution in [2.24, 2.45) is 5.92 Å². The predicted molar refractivity (Wildman–Crippen MR) is 115 cm³/mol. The fraction of sp³-hybridized carbons (Fsp3) is 0.261. The lowest BCUT2D eigenvalue weighted by Gasteiger charge is -2.27. The molecule has 3 aromatic rings. The lowest BCUT2D eigenvalue weighted by molar-refractivity contribution is -0.153. The number of hydrogen-bond donors (Lipinski definition) is 1. The van der Waals surface area contributed by atoms with E-state index >= 15 is 0 Å². The Hall–Kier alpha value is -3.39. The van der Waals surface area contributed by atoms with Gasteiger partial charge in [0.2, 0.25) is 5.91 Å². The number of esters is 1. The second-order valence-electron chi connectivity index (χ2n) is 7.33. The first kappa shape index (κ1) is 20.9. The zero-order valence-electron chi connectivity index (χ0n) is 16.9. The minimum absolute atomic E-state index is 0.0310. The monoisotopic (exact) mass is 438 g/mol. The van der Waals surface area contributed by atoms with Gasteiger partial charge in [-0.25, -0.2) is 0 Å². The molecule has 1 N–H and O–H groups in total. The van der Waals surface area contributed by atoms with E-state index in [1.165, 1.54) is 17.6 Å². The van der Waals surface area contributed by atoms with Crippen molar-refractivity contribution in [3.05, 3.63) is 76.4 Å². The van der Waals surface area contributed by atoms with Crippen molar-refractivity contribution in [1.82, 2.24) is 5.32 Å². The van der Waals surface area contributed by atoms with E-state index in [9.17, 15) is 14.4 Å². The summed E-state index contributed by atoms with van der Waals surface area (Å²) in [6.45, 7) is 1.78. The number of furan rings is 1. The van der Waals surface area contributed by atoms with Crippen molar-refractivity contribution in [3.63, 3.8) is 0 Å². The van der Waals surface area contributed by atoms with Gasteiger partial charge in [0.25, 0.3) is 5.91 Å². The maximum atomic E-state index is 12.9. The van der Waals surface area contributed by atoms with Crippen molar-refractivity contribution in [2.75, 3.05) is 11.5 Å². The molecule has 0 saturated carbocycles. The number of nitrogens with zero attached hydrogens (tertiary/aromatic N) is 1. The smallest absolute Gasteiger partial charge is 0.312 e. The molecule has 2 unspecified atom stereocenters. The van der Waals surface area contributed by atoms with Crippen molar-refractivity contribution in [3.8, 4) is 0 Å². The summed E-state index contributed by atoms with van der Waals surface area (Å²) in [6, 6.07) is 14.4. The van der Waals surface area contributed by atoms with Crippen LogP contribution in [0, 0.1) is 12.8 Å². The van der Waals surface area contributed by atoms with Gasteiger partial charge >= 0.3 is 5.97 Å².